The number of nitrogens with two attached hydrogens (primary N) is 1. The number of aromatic nitrogens is 2. The van der Waals surface area contributed by atoms with E-state index in [2.05, 4.69) is 4.98 Å². The van der Waals surface area contributed by atoms with E-state index in [-0.39, 0.29) is 17.4 Å². The van der Waals surface area contributed by atoms with Crippen molar-refractivity contribution in [3.8, 4) is 0 Å². The summed E-state index contributed by atoms with van der Waals surface area (Å²) in [6.07, 6.45) is 7.59. The van der Waals surface area contributed by atoms with Crippen LogP contribution in [0, 0.1) is 6.92 Å². The Morgan fingerprint density at radius 2 is 1.93 bits per heavy atom. The fourth-order valence-electron chi connectivity index (χ4n) is 3.51. The van der Waals surface area contributed by atoms with Crippen LogP contribution in [0.3, 0.4) is 0 Å². The quantitative estimate of drug-likeness (QED) is 0.724. The van der Waals surface area contributed by atoms with E-state index >= 15 is 0 Å². The number of hydrogen-bond donors (Lipinski definition) is 2. The molecule has 3 rings (SSSR count). The number of carbonyl (C=O) groups is 1. The summed E-state index contributed by atoms with van der Waals surface area (Å²) in [7, 11) is -3.79. The third kappa shape index (κ3) is 4.36. The van der Waals surface area contributed by atoms with E-state index in [1.165, 1.54) is 15.4 Å². The second kappa shape index (κ2) is 8.32. The molecule has 0 aliphatic heterocycles. The van der Waals surface area contributed by atoms with Gasteiger partial charge >= 0.3 is 5.97 Å². The summed E-state index contributed by atoms with van der Waals surface area (Å²) in [6, 6.07) is 5.52. The molecule has 3 N–H and O–H groups in total. The smallest absolute Gasteiger partial charge is 0.320 e. The van der Waals surface area contributed by atoms with Crippen LogP contribution in [0.2, 0.25) is 0 Å². The van der Waals surface area contributed by atoms with Gasteiger partial charge in [-0.2, -0.15) is 12.8 Å². The topological polar surface area (TPSA) is 119 Å². The lowest BCUT2D eigenvalue weighted by molar-refractivity contribution is -0.138. The van der Waals surface area contributed by atoms with Crippen LogP contribution in [0.5, 0.6) is 0 Å². The van der Waals surface area contributed by atoms with E-state index in [0.717, 1.165) is 37.7 Å². The number of carboxylic acid groups (broad SMARTS) is 1. The molecule has 28 heavy (non-hydrogen) atoms. The highest BCUT2D eigenvalue weighted by molar-refractivity contribution is 7.92. The molecule has 1 fully saturated rings. The van der Waals surface area contributed by atoms with Crippen LogP contribution in [0.15, 0.2) is 41.7 Å². The molecule has 0 spiro atoms. The number of benzene rings is 1. The van der Waals surface area contributed by atoms with Crippen LogP contribution in [0.25, 0.3) is 0 Å². The summed E-state index contributed by atoms with van der Waals surface area (Å²) in [5, 5.41) is 9.00. The molecule has 0 amide bonds. The summed E-state index contributed by atoms with van der Waals surface area (Å²) in [5.74, 6) is -1.12. The lowest BCUT2D eigenvalue weighted by atomic mass is 9.96. The van der Waals surface area contributed by atoms with Crippen molar-refractivity contribution >= 4 is 16.0 Å². The lowest BCUT2D eigenvalue weighted by Gasteiger charge is -2.35. The highest BCUT2D eigenvalue weighted by Crippen LogP contribution is 2.27. The van der Waals surface area contributed by atoms with E-state index in [0.29, 0.717) is 5.69 Å². The number of hydrogen-bond acceptors (Lipinski definition) is 5. The van der Waals surface area contributed by atoms with Crippen molar-refractivity contribution in [2.75, 3.05) is 4.41 Å². The zero-order valence-electron chi connectivity index (χ0n) is 15.9. The molecule has 9 heteroatoms. The third-order valence-electron chi connectivity index (χ3n) is 5.05. The van der Waals surface area contributed by atoms with E-state index in [1.807, 2.05) is 6.92 Å². The molecule has 1 aliphatic rings. The zero-order valence-corrected chi connectivity index (χ0v) is 16.7. The lowest BCUT2D eigenvalue weighted by Crippen LogP contribution is -2.48. The summed E-state index contributed by atoms with van der Waals surface area (Å²) in [4.78, 5) is 15.4. The zero-order chi connectivity index (χ0) is 20.3. The van der Waals surface area contributed by atoms with E-state index in [1.54, 1.807) is 30.5 Å². The summed E-state index contributed by atoms with van der Waals surface area (Å²) in [6.45, 7) is 1.91. The molecule has 0 unspecified atom stereocenters. The molecule has 0 bridgehead atoms. The molecule has 0 radical (unpaired) electrons. The van der Waals surface area contributed by atoms with Gasteiger partial charge in [-0.25, -0.2) is 9.66 Å². The van der Waals surface area contributed by atoms with Crippen LogP contribution < -0.4 is 10.1 Å². The van der Waals surface area contributed by atoms with Gasteiger partial charge in [0.05, 0.1) is 22.8 Å². The van der Waals surface area contributed by atoms with Gasteiger partial charge in [-0.05, 0) is 31.9 Å². The maximum Gasteiger partial charge on any atom is 0.320 e. The van der Waals surface area contributed by atoms with Crippen molar-refractivity contribution < 1.29 is 18.3 Å². The average molecular weight is 407 g/mol. The van der Waals surface area contributed by atoms with Gasteiger partial charge in [0.2, 0.25) is 0 Å². The second-order valence-corrected chi connectivity index (χ2v) is 9.07. The minimum absolute atomic E-state index is 0.0332. The average Bonchev–Trinajstić information content (AvgIpc) is 3.10. The van der Waals surface area contributed by atoms with Crippen molar-refractivity contribution in [3.63, 3.8) is 0 Å². The third-order valence-corrected chi connectivity index (χ3v) is 6.90. The number of imidazole rings is 1. The number of sulfonamides is 1. The standard InChI is InChI=1S/C19H26N4O4S/c1-14-7-9-17(10-8-14)28(26,27)23(16-5-3-2-4-6-16)22-12-15(21-13-22)11-18(20)19(24)25/h7-10,12-13,16,18H,2-6,11,20H2,1H3,(H,24,25)/t18-/m0/s1. The SMILES string of the molecule is Cc1ccc(S(=O)(=O)N(C2CCCCC2)n2cnc(C[C@H](N)C(=O)O)c2)cc1. The van der Waals surface area contributed by atoms with Gasteiger partial charge in [0.15, 0.2) is 0 Å². The number of rotatable bonds is 7. The largest absolute Gasteiger partial charge is 0.480 e. The van der Waals surface area contributed by atoms with E-state index < -0.39 is 22.0 Å². The van der Waals surface area contributed by atoms with E-state index in [4.69, 9.17) is 10.8 Å². The number of nitrogens with zero attached hydrogens (tertiary/aromatic N) is 3. The molecule has 1 saturated carbocycles. The fourth-order valence-corrected chi connectivity index (χ4v) is 5.14. The van der Waals surface area contributed by atoms with Gasteiger partial charge in [-0.1, -0.05) is 37.0 Å². The molecule has 1 aromatic carbocycles. The van der Waals surface area contributed by atoms with Crippen molar-refractivity contribution in [2.24, 2.45) is 5.73 Å². The molecular formula is C19H26N4O4S. The minimum atomic E-state index is -3.79. The number of carboxylic acids is 1. The summed E-state index contributed by atoms with van der Waals surface area (Å²) >= 11 is 0. The molecule has 1 atom stereocenters. The Morgan fingerprint density at radius 3 is 2.54 bits per heavy atom. The van der Waals surface area contributed by atoms with Crippen molar-refractivity contribution in [1.29, 1.82) is 0 Å². The molecule has 1 aromatic heterocycles. The summed E-state index contributed by atoms with van der Waals surface area (Å²) < 4.78 is 29.7. The van der Waals surface area contributed by atoms with Gasteiger partial charge in [0.1, 0.15) is 12.4 Å². The molecular weight excluding hydrogens is 380 g/mol. The molecule has 152 valence electrons. The molecule has 0 saturated heterocycles. The van der Waals surface area contributed by atoms with Crippen LogP contribution >= 0.6 is 0 Å². The fraction of sp³-hybridized carbons (Fsp3) is 0.474. The maximum atomic E-state index is 13.4. The van der Waals surface area contributed by atoms with Crippen LogP contribution in [-0.4, -0.2) is 41.2 Å². The Bertz CT molecular complexity index is 918. The Balaban J connectivity index is 1.97. The van der Waals surface area contributed by atoms with Crippen molar-refractivity contribution in [1.82, 2.24) is 9.66 Å². The Kier molecular flexibility index (Phi) is 6.04. The van der Waals surface area contributed by atoms with Crippen molar-refractivity contribution in [2.45, 2.75) is 62.4 Å². The molecule has 8 nitrogen and oxygen atoms in total. The van der Waals surface area contributed by atoms with Crippen LogP contribution in [0.1, 0.15) is 43.4 Å². The summed E-state index contributed by atoms with van der Waals surface area (Å²) in [5.41, 5.74) is 7.01. The molecule has 1 heterocycles. The van der Waals surface area contributed by atoms with Gasteiger partial charge in [-0.3, -0.25) is 4.79 Å². The first-order valence-corrected chi connectivity index (χ1v) is 10.9. The molecule has 1 aliphatic carbocycles. The highest BCUT2D eigenvalue weighted by atomic mass is 32.2. The van der Waals surface area contributed by atoms with Gasteiger partial charge < -0.3 is 10.8 Å². The molecule has 2 aromatic rings. The Hall–Kier alpha value is -2.39. The van der Waals surface area contributed by atoms with Crippen LogP contribution in [-0.2, 0) is 21.2 Å². The van der Waals surface area contributed by atoms with Gasteiger partial charge in [0, 0.05) is 6.42 Å². The Labute approximate surface area is 165 Å². The second-order valence-electron chi connectivity index (χ2n) is 7.28. The monoisotopic (exact) mass is 406 g/mol. The first-order chi connectivity index (χ1) is 13.3. The van der Waals surface area contributed by atoms with Gasteiger partial charge in [-0.15, -0.1) is 0 Å². The van der Waals surface area contributed by atoms with Crippen LogP contribution in [0.4, 0.5) is 0 Å². The number of aryl methyl sites for hydroxylation is 1. The minimum Gasteiger partial charge on any atom is -0.480 e. The predicted molar refractivity (Wildman–Crippen MR) is 105 cm³/mol. The predicted octanol–water partition coefficient (Wildman–Crippen LogP) is 1.81. The number of aliphatic carboxylic acids is 1. The Morgan fingerprint density at radius 1 is 1.29 bits per heavy atom. The highest BCUT2D eigenvalue weighted by Gasteiger charge is 2.33. The normalized spacial score (nSPS) is 16.6. The maximum absolute atomic E-state index is 13.4. The first-order valence-electron chi connectivity index (χ1n) is 9.41. The van der Waals surface area contributed by atoms with E-state index in [9.17, 15) is 13.2 Å². The van der Waals surface area contributed by atoms with Gasteiger partial charge in [0.25, 0.3) is 10.0 Å². The van der Waals surface area contributed by atoms with Crippen molar-refractivity contribution in [3.05, 3.63) is 48.0 Å². The first kappa shape index (κ1) is 20.3.